The second kappa shape index (κ2) is 19.4. The van der Waals surface area contributed by atoms with Crippen molar-refractivity contribution in [2.75, 3.05) is 52.9 Å². The maximum absolute atomic E-state index is 13.1. The number of benzene rings is 1. The summed E-state index contributed by atoms with van der Waals surface area (Å²) in [6.45, 7) is 8.97. The fourth-order valence-corrected chi connectivity index (χ4v) is 8.22. The van der Waals surface area contributed by atoms with Crippen LogP contribution in [0.5, 0.6) is 0 Å². The van der Waals surface area contributed by atoms with Crippen LogP contribution in [0.2, 0.25) is 0 Å². The Bertz CT molecular complexity index is 1010. The lowest BCUT2D eigenvalue weighted by atomic mass is 9.95. The zero-order valence-electron chi connectivity index (χ0n) is 27.1. The van der Waals surface area contributed by atoms with Gasteiger partial charge in [-0.15, -0.1) is 0 Å². The molecule has 0 aromatic heterocycles. The first kappa shape index (κ1) is 43.2. The summed E-state index contributed by atoms with van der Waals surface area (Å²) in [7, 11) is -15.4. The Kier molecular flexibility index (Phi) is 18.2. The monoisotopic (exact) mass is 734 g/mol. The van der Waals surface area contributed by atoms with Gasteiger partial charge < -0.3 is 57.5 Å². The number of rotatable bonds is 24. The highest BCUT2D eigenvalue weighted by atomic mass is 31.1. The van der Waals surface area contributed by atoms with Crippen LogP contribution >= 0.6 is 32.1 Å². The van der Waals surface area contributed by atoms with Crippen LogP contribution in [0.25, 0.3) is 0 Å². The molecule has 20 heteroatoms. The molecule has 16 nitrogen and oxygen atoms in total. The minimum Gasteiger partial charge on any atom is -0.591 e. The van der Waals surface area contributed by atoms with Crippen LogP contribution in [-0.4, -0.2) is 52.9 Å². The standard InChI is InChI=1S/C26H42O16P4/c1-9-35-23(36-10-2,43(27)28)19-17-21(25(39-13-5,40-14-6)45(31)32)22(26(41-15-7,42-16-8)46(33)34)18-20(19)24(37-11-3,38-12-4)44(29)30/h17-18H,9-16H2,1-8H3. The molecule has 0 N–H and O–H groups in total. The van der Waals surface area contributed by atoms with Crippen molar-refractivity contribution in [2.24, 2.45) is 0 Å². The molecule has 0 fully saturated rings. The molecule has 0 amide bonds. The second-order valence-corrected chi connectivity index (χ2v) is 13.2. The molecular formula is C26H42O16P4. The summed E-state index contributed by atoms with van der Waals surface area (Å²) in [6.07, 6.45) is 0. The third-order valence-electron chi connectivity index (χ3n) is 6.20. The molecule has 4 unspecified atom stereocenters. The predicted octanol–water partition coefficient (Wildman–Crippen LogP) is 2.83. The molecule has 1 aromatic carbocycles. The van der Waals surface area contributed by atoms with E-state index in [2.05, 4.69) is 0 Å². The molecule has 262 valence electrons. The van der Waals surface area contributed by atoms with Crippen molar-refractivity contribution < 1.29 is 75.7 Å². The summed E-state index contributed by atoms with van der Waals surface area (Å²) in [5, 5.41) is 0. The van der Waals surface area contributed by atoms with Gasteiger partial charge in [0, 0.05) is 0 Å². The van der Waals surface area contributed by atoms with Crippen molar-refractivity contribution in [2.45, 2.75) is 77.5 Å². The third-order valence-corrected chi connectivity index (χ3v) is 10.1. The molecule has 0 aliphatic carbocycles. The summed E-state index contributed by atoms with van der Waals surface area (Å²) in [4.78, 5) is 52.5. The molecule has 0 aliphatic heterocycles. The van der Waals surface area contributed by atoms with Gasteiger partial charge >= 0.3 is 54.2 Å². The van der Waals surface area contributed by atoms with E-state index in [1.807, 2.05) is 0 Å². The highest BCUT2D eigenvalue weighted by Gasteiger charge is 2.64. The molecule has 0 saturated carbocycles. The summed E-state index contributed by atoms with van der Waals surface area (Å²) in [5.74, 6) is 0. The molecule has 1 aromatic rings. The van der Waals surface area contributed by atoms with Gasteiger partial charge in [-0.2, -0.15) is 0 Å². The summed E-state index contributed by atoms with van der Waals surface area (Å²) in [6, 6.07) is 1.71. The van der Waals surface area contributed by atoms with Crippen LogP contribution in [0.1, 0.15) is 77.6 Å². The smallest absolute Gasteiger partial charge is 0.400 e. The van der Waals surface area contributed by atoms with Gasteiger partial charge in [-0.05, 0) is 67.5 Å². The minimum atomic E-state index is -3.85. The van der Waals surface area contributed by atoms with E-state index in [9.17, 15) is 37.8 Å². The summed E-state index contributed by atoms with van der Waals surface area (Å²) >= 11 is 0. The lowest BCUT2D eigenvalue weighted by Gasteiger charge is -2.36. The SMILES string of the molecule is CCOC(OCC)(c1cc(C(OCC)(OCC)[P+](=O)[O-])c(C(OCC)(OCC)[P+](=O)[O-])cc1C(OCC)(OCC)[P+](=O)[O-])[P+](=O)[O-]. The zero-order valence-corrected chi connectivity index (χ0v) is 30.7. The van der Waals surface area contributed by atoms with Crippen LogP contribution in [-0.2, 0) is 78.3 Å². The van der Waals surface area contributed by atoms with Gasteiger partial charge in [0.1, 0.15) is 0 Å². The van der Waals surface area contributed by atoms with Crippen molar-refractivity contribution in [1.29, 1.82) is 0 Å². The number of hydrogen-bond donors (Lipinski definition) is 0. The Hall–Kier alpha value is -0.860. The van der Waals surface area contributed by atoms with E-state index < -0.39 is 76.5 Å². The average molecular weight is 735 g/mol. The van der Waals surface area contributed by atoms with Gasteiger partial charge in [0.05, 0.1) is 75.1 Å². The average Bonchev–Trinajstić information content (AvgIpc) is 2.99. The molecule has 4 atom stereocenters. The van der Waals surface area contributed by atoms with Crippen molar-refractivity contribution in [3.8, 4) is 0 Å². The van der Waals surface area contributed by atoms with E-state index in [4.69, 9.17) is 37.9 Å². The van der Waals surface area contributed by atoms with Gasteiger partial charge in [0.25, 0.3) is 0 Å². The zero-order chi connectivity index (χ0) is 35.3. The fourth-order valence-electron chi connectivity index (χ4n) is 4.81. The van der Waals surface area contributed by atoms with Gasteiger partial charge in [0.15, 0.2) is 0 Å². The highest BCUT2D eigenvalue weighted by molar-refractivity contribution is 7.38. The van der Waals surface area contributed by atoms with Gasteiger partial charge in [-0.1, -0.05) is 18.3 Å². The van der Waals surface area contributed by atoms with Crippen LogP contribution < -0.4 is 19.6 Å². The Balaban J connectivity index is 5.08. The molecule has 46 heavy (non-hydrogen) atoms. The van der Waals surface area contributed by atoms with Gasteiger partial charge in [-0.3, -0.25) is 0 Å². The largest absolute Gasteiger partial charge is 0.591 e. The number of hydrogen-bond acceptors (Lipinski definition) is 16. The first-order valence-electron chi connectivity index (χ1n) is 14.6. The normalized spacial score (nSPS) is 14.3. The van der Waals surface area contributed by atoms with Crippen LogP contribution in [0.15, 0.2) is 12.1 Å². The topological polar surface area (TPSA) is 234 Å². The molecule has 0 bridgehead atoms. The van der Waals surface area contributed by atoms with Crippen LogP contribution in [0.3, 0.4) is 0 Å². The lowest BCUT2D eigenvalue weighted by Crippen LogP contribution is -2.43. The maximum Gasteiger partial charge on any atom is 0.400 e. The number of ether oxygens (including phenoxy) is 8. The van der Waals surface area contributed by atoms with E-state index in [1.165, 1.54) is 55.4 Å². The van der Waals surface area contributed by atoms with Crippen LogP contribution in [0.4, 0.5) is 0 Å². The van der Waals surface area contributed by atoms with Crippen molar-refractivity contribution in [3.05, 3.63) is 34.4 Å². The van der Waals surface area contributed by atoms with E-state index in [1.54, 1.807) is 0 Å². The van der Waals surface area contributed by atoms with Crippen molar-refractivity contribution in [1.82, 2.24) is 0 Å². The predicted molar refractivity (Wildman–Crippen MR) is 157 cm³/mol. The second-order valence-electron chi connectivity index (χ2n) is 8.76. The van der Waals surface area contributed by atoms with E-state index in [0.717, 1.165) is 12.1 Å². The molecule has 1 rings (SSSR count). The Morgan fingerprint density at radius 1 is 0.391 bits per heavy atom. The van der Waals surface area contributed by atoms with E-state index in [-0.39, 0.29) is 52.9 Å². The minimum absolute atomic E-state index is 0.314. The fraction of sp³-hybridized carbons (Fsp3) is 0.769. The Morgan fingerprint density at radius 3 is 0.609 bits per heavy atom. The van der Waals surface area contributed by atoms with Crippen LogP contribution in [0, 0.1) is 0 Å². The molecule has 0 heterocycles. The van der Waals surface area contributed by atoms with Gasteiger partial charge in [0.2, 0.25) is 0 Å². The first-order chi connectivity index (χ1) is 21.7. The summed E-state index contributed by atoms with van der Waals surface area (Å²) < 4.78 is 97.9. The van der Waals surface area contributed by atoms with E-state index in [0.29, 0.717) is 0 Å². The molecule has 0 saturated heterocycles. The summed E-state index contributed by atoms with van der Waals surface area (Å²) in [5.41, 5.74) is -13.7. The highest BCUT2D eigenvalue weighted by Crippen LogP contribution is 2.59. The third kappa shape index (κ3) is 8.46. The maximum atomic E-state index is 13.1. The molecule has 0 radical (unpaired) electrons. The first-order valence-corrected chi connectivity index (χ1v) is 19.3. The lowest BCUT2D eigenvalue weighted by molar-refractivity contribution is -0.255. The molecule has 0 aliphatic rings. The Labute approximate surface area is 272 Å². The quantitative estimate of drug-likeness (QED) is 0.110. The van der Waals surface area contributed by atoms with Crippen molar-refractivity contribution in [3.63, 3.8) is 0 Å². The van der Waals surface area contributed by atoms with E-state index >= 15 is 0 Å². The molecule has 0 spiro atoms. The van der Waals surface area contributed by atoms with Gasteiger partial charge in [-0.25, -0.2) is 0 Å². The Morgan fingerprint density at radius 2 is 0.522 bits per heavy atom. The van der Waals surface area contributed by atoms with Crippen molar-refractivity contribution >= 4 is 32.1 Å². The molecular weight excluding hydrogens is 692 g/mol.